The number of hydrogen-bond donors (Lipinski definition) is 1. The highest BCUT2D eigenvalue weighted by molar-refractivity contribution is 8.01. The summed E-state index contributed by atoms with van der Waals surface area (Å²) in [6, 6.07) is 11.0. The largest absolute Gasteiger partial charge is 0.375 e. The van der Waals surface area contributed by atoms with Gasteiger partial charge in [-0.05, 0) is 75.1 Å². The number of anilines is 1. The van der Waals surface area contributed by atoms with Crippen LogP contribution >= 0.6 is 11.8 Å². The number of allylic oxidation sites excluding steroid dienone is 4. The number of aliphatic hydroxyl groups is 1. The summed E-state index contributed by atoms with van der Waals surface area (Å²) in [5.41, 5.74) is 2.82. The minimum absolute atomic E-state index is 0.0426. The van der Waals surface area contributed by atoms with Gasteiger partial charge < -0.3 is 10.0 Å². The predicted octanol–water partition coefficient (Wildman–Crippen LogP) is 5.84. The molecular formula is C27H30N2OS. The maximum Gasteiger partial charge on any atom is 0.156 e. The molecule has 1 aliphatic heterocycles. The number of para-hydroxylation sites is 1. The number of fused-ring (bicyclic) bond motifs is 6. The molecule has 31 heavy (non-hydrogen) atoms. The van der Waals surface area contributed by atoms with Gasteiger partial charge in [0.05, 0.1) is 11.8 Å². The van der Waals surface area contributed by atoms with Crippen LogP contribution in [0.25, 0.3) is 0 Å². The van der Waals surface area contributed by atoms with Crippen LogP contribution in [0.5, 0.6) is 0 Å². The topological polar surface area (TPSA) is 47.3 Å². The maximum atomic E-state index is 11.1. The number of nitriles is 1. The van der Waals surface area contributed by atoms with E-state index in [0.717, 1.165) is 25.7 Å². The molecule has 6 atom stereocenters. The molecule has 4 heteroatoms. The Bertz CT molecular complexity index is 1110. The third kappa shape index (κ3) is 2.29. The molecule has 3 nitrogen and oxygen atoms in total. The van der Waals surface area contributed by atoms with E-state index in [4.69, 9.17) is 0 Å². The van der Waals surface area contributed by atoms with Gasteiger partial charge in [-0.25, -0.2) is 0 Å². The highest BCUT2D eigenvalue weighted by Gasteiger charge is 2.62. The molecule has 1 N–H and O–H groups in total. The van der Waals surface area contributed by atoms with Gasteiger partial charge >= 0.3 is 0 Å². The van der Waals surface area contributed by atoms with Crippen molar-refractivity contribution < 1.29 is 5.11 Å². The second kappa shape index (κ2) is 6.09. The number of benzene rings is 1. The van der Waals surface area contributed by atoms with E-state index in [1.54, 1.807) is 0 Å². The molecule has 5 aliphatic rings. The quantitative estimate of drug-likeness (QED) is 0.415. The zero-order valence-electron chi connectivity index (χ0n) is 18.6. The first-order valence-corrected chi connectivity index (χ1v) is 12.4. The Morgan fingerprint density at radius 2 is 2.00 bits per heavy atom. The van der Waals surface area contributed by atoms with Crippen LogP contribution in [0.3, 0.4) is 0 Å². The summed E-state index contributed by atoms with van der Waals surface area (Å²) in [5, 5.41) is 20.8. The van der Waals surface area contributed by atoms with E-state index in [1.807, 2.05) is 11.8 Å². The molecule has 1 aromatic carbocycles. The summed E-state index contributed by atoms with van der Waals surface area (Å²) >= 11 is 1.94. The van der Waals surface area contributed by atoms with E-state index in [2.05, 4.69) is 80.4 Å². The number of hydrogen-bond acceptors (Lipinski definition) is 4. The fourth-order valence-corrected chi connectivity index (χ4v) is 8.74. The first kappa shape index (κ1) is 19.7. The van der Waals surface area contributed by atoms with E-state index < -0.39 is 5.60 Å². The molecule has 160 valence electrons. The summed E-state index contributed by atoms with van der Waals surface area (Å²) in [7, 11) is 2.21. The summed E-state index contributed by atoms with van der Waals surface area (Å²) in [6.07, 6.45) is 14.4. The fourth-order valence-electron chi connectivity index (χ4n) is 7.36. The maximum absolute atomic E-state index is 11.1. The summed E-state index contributed by atoms with van der Waals surface area (Å²) < 4.78 is 0. The molecule has 0 amide bonds. The predicted molar refractivity (Wildman–Crippen MR) is 126 cm³/mol. The van der Waals surface area contributed by atoms with Crippen LogP contribution in [0.4, 0.5) is 5.69 Å². The highest BCUT2D eigenvalue weighted by atomic mass is 32.2. The molecule has 1 unspecified atom stereocenters. The van der Waals surface area contributed by atoms with Crippen molar-refractivity contribution in [1.82, 2.24) is 0 Å². The van der Waals surface area contributed by atoms with Crippen molar-refractivity contribution in [3.05, 3.63) is 59.7 Å². The lowest BCUT2D eigenvalue weighted by Gasteiger charge is -2.54. The number of nitrogens with zero attached hydrogens (tertiary/aromatic N) is 2. The number of rotatable bonds is 0. The van der Waals surface area contributed by atoms with Crippen molar-refractivity contribution in [1.29, 1.82) is 5.26 Å². The second-order valence-corrected chi connectivity index (χ2v) is 11.9. The Hall–Kier alpha value is -1.96. The molecular weight excluding hydrogens is 400 g/mol. The van der Waals surface area contributed by atoms with Crippen molar-refractivity contribution in [3.8, 4) is 6.07 Å². The van der Waals surface area contributed by atoms with Crippen LogP contribution in [0.2, 0.25) is 0 Å². The molecule has 1 heterocycles. The van der Waals surface area contributed by atoms with Gasteiger partial charge in [-0.1, -0.05) is 54.1 Å². The zero-order valence-corrected chi connectivity index (χ0v) is 19.4. The van der Waals surface area contributed by atoms with Gasteiger partial charge in [-0.15, -0.1) is 0 Å². The third-order valence-electron chi connectivity index (χ3n) is 9.45. The molecule has 0 aromatic heterocycles. The molecule has 2 saturated carbocycles. The summed E-state index contributed by atoms with van der Waals surface area (Å²) in [5.74, 6) is 0.862. The molecule has 0 saturated heterocycles. The SMILES string of the molecule is CN1c2ccccc2SC12C=C[C@@]1(C)C(=C2)CC[C@@H]2C1=CC[C@@]1(C)[C@H]2CC[C@]1(O)C#N. The lowest BCUT2D eigenvalue weighted by molar-refractivity contribution is -0.0378. The number of likely N-dealkylation sites (N-methyl/N-ethyl adjacent to an activating group) is 1. The van der Waals surface area contributed by atoms with E-state index in [0.29, 0.717) is 18.3 Å². The lowest BCUT2D eigenvalue weighted by atomic mass is 9.51. The van der Waals surface area contributed by atoms with Gasteiger partial charge in [0.15, 0.2) is 5.60 Å². The highest BCUT2D eigenvalue weighted by Crippen LogP contribution is 2.66. The Balaban J connectivity index is 1.39. The lowest BCUT2D eigenvalue weighted by Crippen LogP contribution is -2.50. The van der Waals surface area contributed by atoms with Gasteiger partial charge in [0, 0.05) is 22.8 Å². The Kier molecular flexibility index (Phi) is 3.87. The Labute approximate surface area is 189 Å². The minimum atomic E-state index is -1.18. The van der Waals surface area contributed by atoms with E-state index in [1.165, 1.54) is 21.7 Å². The monoisotopic (exact) mass is 430 g/mol. The van der Waals surface area contributed by atoms with E-state index in [-0.39, 0.29) is 15.7 Å². The molecule has 4 aliphatic carbocycles. The summed E-state index contributed by atoms with van der Waals surface area (Å²) in [4.78, 5) is 3.63. The van der Waals surface area contributed by atoms with Crippen molar-refractivity contribution in [2.75, 3.05) is 11.9 Å². The van der Waals surface area contributed by atoms with Gasteiger partial charge in [0.25, 0.3) is 0 Å². The first-order chi connectivity index (χ1) is 14.8. The molecule has 0 bridgehead atoms. The van der Waals surface area contributed by atoms with Crippen LogP contribution in [0, 0.1) is 34.0 Å². The van der Waals surface area contributed by atoms with Gasteiger partial charge in [-0.2, -0.15) is 5.26 Å². The average molecular weight is 431 g/mol. The van der Waals surface area contributed by atoms with Crippen LogP contribution in [0.1, 0.15) is 46.0 Å². The van der Waals surface area contributed by atoms with Gasteiger partial charge in [0.2, 0.25) is 0 Å². The zero-order chi connectivity index (χ0) is 21.6. The normalized spacial score (nSPS) is 44.7. The van der Waals surface area contributed by atoms with Crippen molar-refractivity contribution >= 4 is 17.4 Å². The minimum Gasteiger partial charge on any atom is -0.375 e. The number of thioether (sulfide) groups is 1. The Morgan fingerprint density at radius 1 is 1.19 bits per heavy atom. The smallest absolute Gasteiger partial charge is 0.156 e. The molecule has 1 spiro atoms. The van der Waals surface area contributed by atoms with Crippen molar-refractivity contribution in [3.63, 3.8) is 0 Å². The fraction of sp³-hybridized carbons (Fsp3) is 0.519. The van der Waals surface area contributed by atoms with Crippen LogP contribution < -0.4 is 4.90 Å². The summed E-state index contributed by atoms with van der Waals surface area (Å²) in [6.45, 7) is 4.54. The van der Waals surface area contributed by atoms with Crippen LogP contribution in [0.15, 0.2) is 64.6 Å². The molecule has 1 aromatic rings. The Morgan fingerprint density at radius 3 is 2.77 bits per heavy atom. The van der Waals surface area contributed by atoms with Gasteiger partial charge in [-0.3, -0.25) is 0 Å². The molecule has 6 rings (SSSR count). The van der Waals surface area contributed by atoms with E-state index in [9.17, 15) is 10.4 Å². The second-order valence-electron chi connectivity index (χ2n) is 10.6. The first-order valence-electron chi connectivity index (χ1n) is 11.6. The van der Waals surface area contributed by atoms with Crippen molar-refractivity contribution in [2.24, 2.45) is 22.7 Å². The third-order valence-corrected chi connectivity index (χ3v) is 10.9. The van der Waals surface area contributed by atoms with Crippen LogP contribution in [-0.2, 0) is 0 Å². The average Bonchev–Trinajstić information content (AvgIpc) is 3.20. The molecule has 0 radical (unpaired) electrons. The van der Waals surface area contributed by atoms with Crippen LogP contribution in [-0.4, -0.2) is 22.6 Å². The van der Waals surface area contributed by atoms with E-state index >= 15 is 0 Å². The van der Waals surface area contributed by atoms with Crippen molar-refractivity contribution in [2.45, 2.75) is 61.3 Å². The van der Waals surface area contributed by atoms with Gasteiger partial charge in [0.1, 0.15) is 4.87 Å². The molecule has 2 fully saturated rings. The standard InChI is InChI=1S/C27H30N2OS/c1-24-14-15-27(29(3)22-6-4-5-7-23(22)31-27)16-18(24)8-9-19-20(24)10-12-25(2)21(19)11-13-26(25,30)17-28/h4-7,10,14-16,19,21,30H,8-9,11-13H2,1-3H3/t19-,21+,24+,25+,26+,27?/m1/s1.